The largest absolute Gasteiger partial charge is 0.383 e. The molecular weight excluding hydrogens is 360 g/mol. The van der Waals surface area contributed by atoms with Crippen molar-refractivity contribution in [3.8, 4) is 0 Å². The third-order valence-corrected chi connectivity index (χ3v) is 5.76. The SMILES string of the molecule is COCCNC(=O)C1CCCN(C2CCN(C(=O)Cc3cc(C)no3)CC2)C1. The molecule has 1 aromatic heterocycles. The van der Waals surface area contributed by atoms with E-state index in [1.54, 1.807) is 7.11 Å². The molecule has 1 aromatic rings. The Morgan fingerprint density at radius 1 is 1.29 bits per heavy atom. The highest BCUT2D eigenvalue weighted by molar-refractivity contribution is 5.79. The number of methoxy groups -OCH3 is 1. The van der Waals surface area contributed by atoms with E-state index in [9.17, 15) is 9.59 Å². The Hall–Kier alpha value is -1.93. The maximum absolute atomic E-state index is 12.5. The molecule has 8 nitrogen and oxygen atoms in total. The molecule has 0 aromatic carbocycles. The van der Waals surface area contributed by atoms with Crippen LogP contribution in [0, 0.1) is 12.8 Å². The molecule has 0 radical (unpaired) electrons. The van der Waals surface area contributed by atoms with Gasteiger partial charge in [-0.25, -0.2) is 0 Å². The fourth-order valence-electron chi connectivity index (χ4n) is 4.21. The lowest BCUT2D eigenvalue weighted by molar-refractivity contribution is -0.132. The summed E-state index contributed by atoms with van der Waals surface area (Å²) in [6.45, 7) is 6.34. The summed E-state index contributed by atoms with van der Waals surface area (Å²) in [7, 11) is 1.64. The highest BCUT2D eigenvalue weighted by atomic mass is 16.5. The molecule has 2 saturated heterocycles. The van der Waals surface area contributed by atoms with E-state index in [2.05, 4.69) is 15.4 Å². The zero-order valence-electron chi connectivity index (χ0n) is 17.0. The summed E-state index contributed by atoms with van der Waals surface area (Å²) >= 11 is 0. The quantitative estimate of drug-likeness (QED) is 0.697. The van der Waals surface area contributed by atoms with Gasteiger partial charge in [-0.1, -0.05) is 5.16 Å². The van der Waals surface area contributed by atoms with Crippen molar-refractivity contribution in [1.82, 2.24) is 20.3 Å². The van der Waals surface area contributed by atoms with Crippen LogP contribution in [0.1, 0.15) is 37.1 Å². The first-order chi connectivity index (χ1) is 13.6. The Bertz CT molecular complexity index is 654. The summed E-state index contributed by atoms with van der Waals surface area (Å²) in [5.41, 5.74) is 0.799. The molecule has 2 amide bonds. The Labute approximate surface area is 166 Å². The lowest BCUT2D eigenvalue weighted by Crippen LogP contribution is -2.51. The highest BCUT2D eigenvalue weighted by Gasteiger charge is 2.32. The van der Waals surface area contributed by atoms with Crippen LogP contribution in [-0.2, 0) is 20.7 Å². The lowest BCUT2D eigenvalue weighted by atomic mass is 9.93. The van der Waals surface area contributed by atoms with Crippen molar-refractivity contribution < 1.29 is 18.8 Å². The van der Waals surface area contributed by atoms with E-state index in [4.69, 9.17) is 9.26 Å². The van der Waals surface area contributed by atoms with Gasteiger partial charge in [-0.3, -0.25) is 14.5 Å². The van der Waals surface area contributed by atoms with E-state index < -0.39 is 0 Å². The molecule has 2 aliphatic heterocycles. The van der Waals surface area contributed by atoms with Crippen LogP contribution in [0.2, 0.25) is 0 Å². The maximum atomic E-state index is 12.5. The molecule has 28 heavy (non-hydrogen) atoms. The average Bonchev–Trinajstić information content (AvgIpc) is 3.13. The van der Waals surface area contributed by atoms with E-state index >= 15 is 0 Å². The number of amides is 2. The van der Waals surface area contributed by atoms with Crippen LogP contribution >= 0.6 is 0 Å². The second-order valence-corrected chi connectivity index (χ2v) is 7.84. The number of carbonyl (C=O) groups is 2. The zero-order chi connectivity index (χ0) is 19.9. The molecule has 2 fully saturated rings. The minimum Gasteiger partial charge on any atom is -0.383 e. The number of carbonyl (C=O) groups excluding carboxylic acids is 2. The van der Waals surface area contributed by atoms with Gasteiger partial charge in [0.1, 0.15) is 5.76 Å². The second-order valence-electron chi connectivity index (χ2n) is 7.84. The number of piperidine rings is 2. The van der Waals surface area contributed by atoms with Crippen molar-refractivity contribution in [3.05, 3.63) is 17.5 Å². The number of aryl methyl sites for hydroxylation is 1. The smallest absolute Gasteiger partial charge is 0.230 e. The van der Waals surface area contributed by atoms with Crippen molar-refractivity contribution in [2.75, 3.05) is 46.4 Å². The molecule has 1 atom stereocenters. The fraction of sp³-hybridized carbons (Fsp3) is 0.750. The van der Waals surface area contributed by atoms with Crippen LogP contribution in [0.3, 0.4) is 0 Å². The first kappa shape index (κ1) is 20.8. The summed E-state index contributed by atoms with van der Waals surface area (Å²) in [5.74, 6) is 0.920. The van der Waals surface area contributed by atoms with Gasteiger partial charge in [-0.05, 0) is 39.2 Å². The number of nitrogens with one attached hydrogen (secondary N) is 1. The van der Waals surface area contributed by atoms with E-state index in [1.807, 2.05) is 17.9 Å². The average molecular weight is 393 g/mol. The summed E-state index contributed by atoms with van der Waals surface area (Å²) < 4.78 is 10.2. The van der Waals surface area contributed by atoms with Crippen molar-refractivity contribution in [2.24, 2.45) is 5.92 Å². The molecule has 1 N–H and O–H groups in total. The number of aromatic nitrogens is 1. The van der Waals surface area contributed by atoms with Crippen molar-refractivity contribution in [1.29, 1.82) is 0 Å². The molecular formula is C20H32N4O4. The van der Waals surface area contributed by atoms with E-state index in [0.717, 1.165) is 57.6 Å². The van der Waals surface area contributed by atoms with Crippen LogP contribution < -0.4 is 5.32 Å². The Kier molecular flexibility index (Phi) is 7.44. The number of ether oxygens (including phenoxy) is 1. The molecule has 3 heterocycles. The Morgan fingerprint density at radius 3 is 2.75 bits per heavy atom. The van der Waals surface area contributed by atoms with Gasteiger partial charge in [-0.2, -0.15) is 0 Å². The van der Waals surface area contributed by atoms with E-state index in [1.165, 1.54) is 0 Å². The van der Waals surface area contributed by atoms with Gasteiger partial charge >= 0.3 is 0 Å². The minimum absolute atomic E-state index is 0.0555. The molecule has 2 aliphatic rings. The summed E-state index contributed by atoms with van der Waals surface area (Å²) in [4.78, 5) is 29.2. The van der Waals surface area contributed by atoms with Gasteiger partial charge in [0, 0.05) is 45.4 Å². The van der Waals surface area contributed by atoms with Gasteiger partial charge in [0.15, 0.2) is 0 Å². The predicted octanol–water partition coefficient (Wildman–Crippen LogP) is 0.991. The first-order valence-corrected chi connectivity index (χ1v) is 10.3. The summed E-state index contributed by atoms with van der Waals surface area (Å²) in [5, 5.41) is 6.81. The number of nitrogens with zero attached hydrogens (tertiary/aromatic N) is 3. The van der Waals surface area contributed by atoms with Crippen LogP contribution in [-0.4, -0.2) is 79.3 Å². The molecule has 8 heteroatoms. The molecule has 0 aliphatic carbocycles. The van der Waals surface area contributed by atoms with Crippen LogP contribution in [0.15, 0.2) is 10.6 Å². The second kappa shape index (κ2) is 10.0. The normalized spacial score (nSPS) is 21.6. The van der Waals surface area contributed by atoms with Gasteiger partial charge < -0.3 is 19.5 Å². The number of hydrogen-bond acceptors (Lipinski definition) is 6. The minimum atomic E-state index is 0.0555. The molecule has 3 rings (SSSR count). The van der Waals surface area contributed by atoms with Gasteiger partial charge in [0.05, 0.1) is 24.6 Å². The van der Waals surface area contributed by atoms with E-state index in [0.29, 0.717) is 25.0 Å². The third kappa shape index (κ3) is 5.54. The Morgan fingerprint density at radius 2 is 2.07 bits per heavy atom. The summed E-state index contributed by atoms with van der Waals surface area (Å²) in [6.07, 6.45) is 4.19. The summed E-state index contributed by atoms with van der Waals surface area (Å²) in [6, 6.07) is 2.27. The Balaban J connectivity index is 1.43. The van der Waals surface area contributed by atoms with Crippen molar-refractivity contribution in [2.45, 2.75) is 45.1 Å². The van der Waals surface area contributed by atoms with Gasteiger partial charge in [0.2, 0.25) is 11.8 Å². The lowest BCUT2D eigenvalue weighted by Gasteiger charge is -2.42. The van der Waals surface area contributed by atoms with Crippen molar-refractivity contribution in [3.63, 3.8) is 0 Å². The molecule has 0 spiro atoms. The first-order valence-electron chi connectivity index (χ1n) is 10.3. The molecule has 0 saturated carbocycles. The zero-order valence-corrected chi connectivity index (χ0v) is 17.0. The highest BCUT2D eigenvalue weighted by Crippen LogP contribution is 2.24. The standard InChI is InChI=1S/C20H32N4O4/c1-15-12-18(28-22-15)13-19(25)23-9-5-17(6-10-23)24-8-3-4-16(14-24)20(26)21-7-11-27-2/h12,16-17H,3-11,13-14H2,1-2H3,(H,21,26). The van der Waals surface area contributed by atoms with Crippen molar-refractivity contribution >= 4 is 11.8 Å². The van der Waals surface area contributed by atoms with Crippen LogP contribution in [0.5, 0.6) is 0 Å². The number of hydrogen-bond donors (Lipinski definition) is 1. The number of rotatable bonds is 7. The third-order valence-electron chi connectivity index (χ3n) is 5.76. The van der Waals surface area contributed by atoms with Gasteiger partial charge in [-0.15, -0.1) is 0 Å². The monoisotopic (exact) mass is 392 g/mol. The van der Waals surface area contributed by atoms with E-state index in [-0.39, 0.29) is 24.2 Å². The maximum Gasteiger partial charge on any atom is 0.230 e. The molecule has 1 unspecified atom stereocenters. The van der Waals surface area contributed by atoms with Crippen LogP contribution in [0.25, 0.3) is 0 Å². The topological polar surface area (TPSA) is 87.9 Å². The number of likely N-dealkylation sites (tertiary alicyclic amines) is 2. The molecule has 0 bridgehead atoms. The predicted molar refractivity (Wildman–Crippen MR) is 104 cm³/mol. The van der Waals surface area contributed by atoms with Crippen LogP contribution in [0.4, 0.5) is 0 Å². The van der Waals surface area contributed by atoms with Gasteiger partial charge in [0.25, 0.3) is 0 Å². The molecule has 156 valence electrons. The fourth-order valence-corrected chi connectivity index (χ4v) is 4.21.